The third kappa shape index (κ3) is 2.68. The summed E-state index contributed by atoms with van der Waals surface area (Å²) in [5.74, 6) is 0.197. The lowest BCUT2D eigenvalue weighted by Gasteiger charge is -2.05. The normalized spacial score (nSPS) is 10.8. The molecule has 0 aliphatic heterocycles. The van der Waals surface area contributed by atoms with Crippen LogP contribution in [0.1, 0.15) is 0 Å². The van der Waals surface area contributed by atoms with E-state index in [1.54, 1.807) is 41.2 Å². The largest absolute Gasteiger partial charge is 0.508 e. The van der Waals surface area contributed by atoms with Crippen molar-refractivity contribution in [2.24, 2.45) is 0 Å². The summed E-state index contributed by atoms with van der Waals surface area (Å²) >= 11 is 12.2. The van der Waals surface area contributed by atoms with Crippen LogP contribution in [0.2, 0.25) is 10.0 Å². The first-order valence-electron chi connectivity index (χ1n) is 6.08. The number of nitrogens with zero attached hydrogens (tertiary/aromatic N) is 2. The predicted molar refractivity (Wildman–Crippen MR) is 82.3 cm³/mol. The third-order valence-corrected chi connectivity index (χ3v) is 3.58. The van der Waals surface area contributed by atoms with Crippen LogP contribution in [0.25, 0.3) is 16.9 Å². The maximum Gasteiger partial charge on any atom is 0.118 e. The molecule has 0 unspecified atom stereocenters. The van der Waals surface area contributed by atoms with E-state index in [1.807, 2.05) is 0 Å². The van der Waals surface area contributed by atoms with Crippen molar-refractivity contribution in [3.05, 3.63) is 58.7 Å². The summed E-state index contributed by atoms with van der Waals surface area (Å²) in [5.41, 5.74) is 1.96. The molecular weight excluding hydrogens is 311 g/mol. The Morgan fingerprint density at radius 2 is 1.48 bits per heavy atom. The molecule has 1 aromatic heterocycles. The molecule has 2 N–H and O–H groups in total. The average molecular weight is 321 g/mol. The van der Waals surface area contributed by atoms with Gasteiger partial charge in [-0.15, -0.1) is 0 Å². The van der Waals surface area contributed by atoms with Gasteiger partial charge >= 0.3 is 0 Å². The van der Waals surface area contributed by atoms with Crippen molar-refractivity contribution in [2.45, 2.75) is 0 Å². The van der Waals surface area contributed by atoms with Gasteiger partial charge in [-0.3, -0.25) is 0 Å². The first-order chi connectivity index (χ1) is 10.0. The second-order valence-corrected chi connectivity index (χ2v) is 5.26. The zero-order valence-corrected chi connectivity index (χ0v) is 12.2. The van der Waals surface area contributed by atoms with Crippen LogP contribution in [-0.4, -0.2) is 20.0 Å². The Kier molecular flexibility index (Phi) is 3.49. The number of halogens is 2. The van der Waals surface area contributed by atoms with Crippen LogP contribution in [0.5, 0.6) is 11.5 Å². The van der Waals surface area contributed by atoms with Gasteiger partial charge in [0.1, 0.15) is 11.5 Å². The summed E-state index contributed by atoms with van der Waals surface area (Å²) in [4.78, 5) is 0. The topological polar surface area (TPSA) is 58.3 Å². The molecule has 3 rings (SSSR count). The van der Waals surface area contributed by atoms with Gasteiger partial charge in [-0.05, 0) is 42.5 Å². The Balaban J connectivity index is 2.05. The molecule has 0 bridgehead atoms. The fourth-order valence-corrected chi connectivity index (χ4v) is 2.68. The molecule has 21 heavy (non-hydrogen) atoms. The molecule has 6 heteroatoms. The lowest BCUT2D eigenvalue weighted by atomic mass is 10.1. The maximum atomic E-state index is 9.46. The van der Waals surface area contributed by atoms with Crippen LogP contribution in [-0.2, 0) is 0 Å². The van der Waals surface area contributed by atoms with Gasteiger partial charge in [0.2, 0.25) is 0 Å². The van der Waals surface area contributed by atoms with Gasteiger partial charge in [0, 0.05) is 11.8 Å². The van der Waals surface area contributed by atoms with Gasteiger partial charge in [0.15, 0.2) is 0 Å². The summed E-state index contributed by atoms with van der Waals surface area (Å²) in [7, 11) is 0. The fraction of sp³-hybridized carbons (Fsp3) is 0. The minimum atomic E-state index is 0.00622. The Morgan fingerprint density at radius 3 is 2.10 bits per heavy atom. The van der Waals surface area contributed by atoms with E-state index in [9.17, 15) is 10.2 Å². The first kappa shape index (κ1) is 13.8. The van der Waals surface area contributed by atoms with E-state index < -0.39 is 0 Å². The average Bonchev–Trinajstić information content (AvgIpc) is 2.87. The Morgan fingerprint density at radius 1 is 0.857 bits per heavy atom. The Bertz CT molecular complexity index is 775. The smallest absolute Gasteiger partial charge is 0.118 e. The molecule has 0 aliphatic carbocycles. The summed E-state index contributed by atoms with van der Waals surface area (Å²) in [6.45, 7) is 0. The van der Waals surface area contributed by atoms with Gasteiger partial charge in [-0.25, -0.2) is 4.68 Å². The van der Waals surface area contributed by atoms with E-state index in [0.717, 1.165) is 5.69 Å². The van der Waals surface area contributed by atoms with Crippen LogP contribution in [0.3, 0.4) is 0 Å². The standard InChI is InChI=1S/C15H10Cl2N2O2/c16-12-7-11(21)8-13(17)15(12)14-5-6-19(18-14)9-1-3-10(20)4-2-9/h1-8,20-21H. The predicted octanol–water partition coefficient (Wildman–Crippen LogP) is 4.26. The third-order valence-electron chi connectivity index (χ3n) is 2.99. The molecule has 106 valence electrons. The van der Waals surface area contributed by atoms with Crippen LogP contribution in [0.15, 0.2) is 48.7 Å². The molecule has 4 nitrogen and oxygen atoms in total. The second-order valence-electron chi connectivity index (χ2n) is 4.45. The van der Waals surface area contributed by atoms with Crippen molar-refractivity contribution in [3.63, 3.8) is 0 Å². The monoisotopic (exact) mass is 320 g/mol. The van der Waals surface area contributed by atoms with E-state index in [4.69, 9.17) is 23.2 Å². The Hall–Kier alpha value is -2.17. The number of rotatable bonds is 2. The van der Waals surface area contributed by atoms with Crippen LogP contribution >= 0.6 is 23.2 Å². The highest BCUT2D eigenvalue weighted by Gasteiger charge is 2.13. The highest BCUT2D eigenvalue weighted by atomic mass is 35.5. The van der Waals surface area contributed by atoms with E-state index in [-0.39, 0.29) is 11.5 Å². The van der Waals surface area contributed by atoms with Crippen molar-refractivity contribution < 1.29 is 10.2 Å². The number of benzene rings is 2. The van der Waals surface area contributed by atoms with E-state index in [2.05, 4.69) is 5.10 Å². The fourth-order valence-electron chi connectivity index (χ4n) is 2.01. The molecular formula is C15H10Cl2N2O2. The zero-order valence-electron chi connectivity index (χ0n) is 10.7. The van der Waals surface area contributed by atoms with Gasteiger partial charge in [0.05, 0.1) is 21.4 Å². The van der Waals surface area contributed by atoms with Crippen LogP contribution in [0.4, 0.5) is 0 Å². The second kappa shape index (κ2) is 5.31. The van der Waals surface area contributed by atoms with Crippen molar-refractivity contribution in [3.8, 4) is 28.4 Å². The first-order valence-corrected chi connectivity index (χ1v) is 6.83. The lowest BCUT2D eigenvalue weighted by molar-refractivity contribution is 0.475. The number of aromatic hydroxyl groups is 2. The Labute approximate surface area is 130 Å². The van der Waals surface area contributed by atoms with Crippen LogP contribution in [0, 0.1) is 0 Å². The summed E-state index contributed by atoms with van der Waals surface area (Å²) < 4.78 is 1.65. The quantitative estimate of drug-likeness (QED) is 0.741. The van der Waals surface area contributed by atoms with Gasteiger partial charge in [-0.1, -0.05) is 23.2 Å². The van der Waals surface area contributed by atoms with Crippen LogP contribution < -0.4 is 0 Å². The summed E-state index contributed by atoms with van der Waals surface area (Å²) in [6, 6.07) is 11.3. The molecule has 0 aliphatic rings. The molecule has 2 aromatic carbocycles. The number of phenolic OH excluding ortho intramolecular Hbond substituents is 2. The van der Waals surface area contributed by atoms with E-state index >= 15 is 0 Å². The van der Waals surface area contributed by atoms with Gasteiger partial charge < -0.3 is 10.2 Å². The summed E-state index contributed by atoms with van der Waals surface area (Å²) in [6.07, 6.45) is 1.77. The number of hydrogen-bond acceptors (Lipinski definition) is 3. The molecule has 0 saturated heterocycles. The van der Waals surface area contributed by atoms with Crippen molar-refractivity contribution in [1.82, 2.24) is 9.78 Å². The van der Waals surface area contributed by atoms with E-state index in [0.29, 0.717) is 21.3 Å². The maximum absolute atomic E-state index is 9.46. The number of hydrogen-bond donors (Lipinski definition) is 2. The summed E-state index contributed by atoms with van der Waals surface area (Å²) in [5, 5.41) is 23.8. The van der Waals surface area contributed by atoms with E-state index in [1.165, 1.54) is 12.1 Å². The molecule has 1 heterocycles. The highest BCUT2D eigenvalue weighted by molar-refractivity contribution is 6.39. The highest BCUT2D eigenvalue weighted by Crippen LogP contribution is 2.37. The van der Waals surface area contributed by atoms with Gasteiger partial charge in [-0.2, -0.15) is 5.10 Å². The zero-order chi connectivity index (χ0) is 15.0. The molecule has 0 atom stereocenters. The van der Waals surface area contributed by atoms with Crippen molar-refractivity contribution in [2.75, 3.05) is 0 Å². The lowest BCUT2D eigenvalue weighted by Crippen LogP contribution is -1.94. The number of phenols is 2. The molecule has 0 radical (unpaired) electrons. The van der Waals surface area contributed by atoms with Crippen molar-refractivity contribution in [1.29, 1.82) is 0 Å². The van der Waals surface area contributed by atoms with Crippen molar-refractivity contribution >= 4 is 23.2 Å². The molecule has 0 spiro atoms. The van der Waals surface area contributed by atoms with Gasteiger partial charge in [0.25, 0.3) is 0 Å². The minimum Gasteiger partial charge on any atom is -0.508 e. The molecule has 0 saturated carbocycles. The minimum absolute atomic E-state index is 0.00622. The SMILES string of the molecule is Oc1ccc(-n2ccc(-c3c(Cl)cc(O)cc3Cl)n2)cc1. The molecule has 3 aromatic rings. The number of aromatic nitrogens is 2. The molecule has 0 fully saturated rings. The molecule has 0 amide bonds.